The number of rotatable bonds is 3. The standard InChI is InChI=1S/C24H26F3N7O2/c1-15-11-33(22(35)36-13-24(25,26)27)16(2)10-32(15)20-19-21(31-14-30-20)34(12-23(19)5-3-6-23)18-8-17(9-28)4-7-29-18/h4,7-8,14-16H,3,5-6,10-13H2,1-2H3/t15-,16+/m1/s1. The normalized spacial score (nSPS) is 22.7. The second-order valence-electron chi connectivity index (χ2n) is 9.80. The van der Waals surface area contributed by atoms with Gasteiger partial charge in [-0.3, -0.25) is 0 Å². The van der Waals surface area contributed by atoms with Crippen molar-refractivity contribution in [1.82, 2.24) is 19.9 Å². The minimum atomic E-state index is -4.57. The van der Waals surface area contributed by atoms with E-state index in [1.165, 1.54) is 11.2 Å². The minimum Gasteiger partial charge on any atom is -0.440 e. The molecular weight excluding hydrogens is 475 g/mol. The van der Waals surface area contributed by atoms with E-state index >= 15 is 0 Å². The summed E-state index contributed by atoms with van der Waals surface area (Å²) in [6.07, 6.45) is 0.613. The van der Waals surface area contributed by atoms with Gasteiger partial charge in [0.05, 0.1) is 11.6 Å². The number of amides is 1. The van der Waals surface area contributed by atoms with Gasteiger partial charge in [-0.15, -0.1) is 0 Å². The Labute approximate surface area is 206 Å². The summed E-state index contributed by atoms with van der Waals surface area (Å²) in [7, 11) is 0. The van der Waals surface area contributed by atoms with E-state index in [9.17, 15) is 23.2 Å². The molecule has 1 saturated heterocycles. The van der Waals surface area contributed by atoms with Gasteiger partial charge in [-0.1, -0.05) is 6.42 Å². The van der Waals surface area contributed by atoms with Crippen molar-refractivity contribution in [3.63, 3.8) is 0 Å². The Bertz CT molecular complexity index is 1210. The van der Waals surface area contributed by atoms with E-state index in [0.29, 0.717) is 24.5 Å². The molecule has 36 heavy (non-hydrogen) atoms. The molecule has 1 aliphatic carbocycles. The monoisotopic (exact) mass is 501 g/mol. The molecule has 9 nitrogen and oxygen atoms in total. The molecule has 2 aromatic rings. The summed E-state index contributed by atoms with van der Waals surface area (Å²) in [5, 5.41) is 9.34. The maximum Gasteiger partial charge on any atom is 0.422 e. The van der Waals surface area contributed by atoms with E-state index in [1.807, 2.05) is 11.8 Å². The molecule has 2 atom stereocenters. The van der Waals surface area contributed by atoms with Gasteiger partial charge >= 0.3 is 12.3 Å². The van der Waals surface area contributed by atoms with Crippen molar-refractivity contribution in [3.8, 4) is 6.07 Å². The van der Waals surface area contributed by atoms with Gasteiger partial charge in [0.1, 0.15) is 23.8 Å². The highest BCUT2D eigenvalue weighted by molar-refractivity contribution is 5.75. The topological polar surface area (TPSA) is 98.5 Å². The molecule has 4 heterocycles. The number of nitriles is 1. The van der Waals surface area contributed by atoms with E-state index in [2.05, 4.69) is 30.7 Å². The molecule has 3 aliphatic rings. The number of hydrogen-bond donors (Lipinski definition) is 0. The predicted molar refractivity (Wildman–Crippen MR) is 124 cm³/mol. The van der Waals surface area contributed by atoms with Crippen LogP contribution in [0.5, 0.6) is 0 Å². The molecule has 12 heteroatoms. The summed E-state index contributed by atoms with van der Waals surface area (Å²) < 4.78 is 42.1. The Balaban J connectivity index is 1.44. The zero-order valence-corrected chi connectivity index (χ0v) is 20.0. The molecular formula is C24H26F3N7O2. The van der Waals surface area contributed by atoms with Gasteiger partial charge in [0, 0.05) is 48.9 Å². The molecule has 2 fully saturated rings. The molecule has 1 saturated carbocycles. The van der Waals surface area contributed by atoms with Gasteiger partial charge in [-0.05, 0) is 38.8 Å². The molecule has 0 bridgehead atoms. The molecule has 0 radical (unpaired) electrons. The van der Waals surface area contributed by atoms with E-state index in [1.54, 1.807) is 25.3 Å². The average molecular weight is 502 g/mol. The summed E-state index contributed by atoms with van der Waals surface area (Å²) in [5.41, 5.74) is 1.41. The van der Waals surface area contributed by atoms with Crippen LogP contribution in [0.4, 0.5) is 35.4 Å². The SMILES string of the molecule is C[C@@H]1CN(C(=O)OCC(F)(F)F)[C@@H](C)CN1c1ncnc2c1C1(CCC1)CN2c1cc(C#N)ccn1. The number of aromatic nitrogens is 3. The summed E-state index contributed by atoms with van der Waals surface area (Å²) in [5.74, 6) is 2.19. The number of anilines is 3. The maximum absolute atomic E-state index is 12.5. The van der Waals surface area contributed by atoms with Gasteiger partial charge in [-0.25, -0.2) is 19.7 Å². The van der Waals surface area contributed by atoms with E-state index in [-0.39, 0.29) is 24.0 Å². The molecule has 2 aliphatic heterocycles. The third kappa shape index (κ3) is 4.16. The Kier molecular flexibility index (Phi) is 5.89. The van der Waals surface area contributed by atoms with Crippen molar-refractivity contribution in [2.24, 2.45) is 0 Å². The summed E-state index contributed by atoms with van der Waals surface area (Å²) >= 11 is 0. The first-order chi connectivity index (χ1) is 17.1. The van der Waals surface area contributed by atoms with E-state index in [4.69, 9.17) is 0 Å². The number of piperazine rings is 1. The first-order valence-electron chi connectivity index (χ1n) is 11.9. The quantitative estimate of drug-likeness (QED) is 0.624. The Morgan fingerprint density at radius 2 is 1.94 bits per heavy atom. The molecule has 5 rings (SSSR count). The number of pyridine rings is 1. The zero-order chi connectivity index (χ0) is 25.7. The predicted octanol–water partition coefficient (Wildman–Crippen LogP) is 3.91. The van der Waals surface area contributed by atoms with Gasteiger partial charge in [-0.2, -0.15) is 18.4 Å². The number of hydrogen-bond acceptors (Lipinski definition) is 8. The van der Waals surface area contributed by atoms with Crippen molar-refractivity contribution in [2.45, 2.75) is 56.8 Å². The smallest absolute Gasteiger partial charge is 0.422 e. The Morgan fingerprint density at radius 3 is 2.61 bits per heavy atom. The average Bonchev–Trinajstić information content (AvgIpc) is 3.20. The van der Waals surface area contributed by atoms with Crippen LogP contribution in [-0.4, -0.2) is 70.4 Å². The zero-order valence-electron chi connectivity index (χ0n) is 20.0. The third-order valence-electron chi connectivity index (χ3n) is 7.37. The number of ether oxygens (including phenoxy) is 1. The van der Waals surface area contributed by atoms with Gasteiger partial charge < -0.3 is 19.4 Å². The lowest BCUT2D eigenvalue weighted by atomic mass is 9.66. The van der Waals surface area contributed by atoms with Crippen LogP contribution in [0.15, 0.2) is 24.7 Å². The lowest BCUT2D eigenvalue weighted by Crippen LogP contribution is -2.59. The number of carbonyl (C=O) groups is 1. The molecule has 0 unspecified atom stereocenters. The highest BCUT2D eigenvalue weighted by atomic mass is 19.4. The number of carbonyl (C=O) groups excluding carboxylic acids is 1. The molecule has 2 aromatic heterocycles. The van der Waals surface area contributed by atoms with Gasteiger partial charge in [0.2, 0.25) is 0 Å². The van der Waals surface area contributed by atoms with Crippen LogP contribution in [0.2, 0.25) is 0 Å². The highest BCUT2D eigenvalue weighted by Crippen LogP contribution is 2.56. The van der Waals surface area contributed by atoms with Crippen LogP contribution in [0.1, 0.15) is 44.2 Å². The van der Waals surface area contributed by atoms with Crippen LogP contribution in [-0.2, 0) is 10.2 Å². The molecule has 1 spiro atoms. The van der Waals surface area contributed by atoms with Crippen molar-refractivity contribution < 1.29 is 22.7 Å². The van der Waals surface area contributed by atoms with Crippen LogP contribution < -0.4 is 9.80 Å². The van der Waals surface area contributed by atoms with Crippen LogP contribution in [0.3, 0.4) is 0 Å². The lowest BCUT2D eigenvalue weighted by Gasteiger charge is -2.46. The largest absolute Gasteiger partial charge is 0.440 e. The summed E-state index contributed by atoms with van der Waals surface area (Å²) in [6, 6.07) is 4.98. The second kappa shape index (κ2) is 8.80. The first-order valence-corrected chi connectivity index (χ1v) is 11.9. The first kappa shape index (κ1) is 24.1. The number of nitrogens with zero attached hydrogens (tertiary/aromatic N) is 7. The Hall–Kier alpha value is -3.62. The van der Waals surface area contributed by atoms with Crippen LogP contribution >= 0.6 is 0 Å². The van der Waals surface area contributed by atoms with Crippen molar-refractivity contribution >= 4 is 23.5 Å². The van der Waals surface area contributed by atoms with E-state index in [0.717, 1.165) is 36.5 Å². The third-order valence-corrected chi connectivity index (χ3v) is 7.37. The second-order valence-corrected chi connectivity index (χ2v) is 9.80. The lowest BCUT2D eigenvalue weighted by molar-refractivity contribution is -0.163. The summed E-state index contributed by atoms with van der Waals surface area (Å²) in [4.78, 5) is 31.6. The molecule has 0 N–H and O–H groups in total. The van der Waals surface area contributed by atoms with Crippen molar-refractivity contribution in [3.05, 3.63) is 35.8 Å². The van der Waals surface area contributed by atoms with E-state index < -0.39 is 18.9 Å². The highest BCUT2D eigenvalue weighted by Gasteiger charge is 2.52. The maximum atomic E-state index is 12.5. The molecule has 0 aromatic carbocycles. The fourth-order valence-electron chi connectivity index (χ4n) is 5.46. The number of halogens is 3. The summed E-state index contributed by atoms with van der Waals surface area (Å²) in [6.45, 7) is 3.39. The number of alkyl halides is 3. The van der Waals surface area contributed by atoms with Crippen molar-refractivity contribution in [1.29, 1.82) is 5.26 Å². The molecule has 1 amide bonds. The Morgan fingerprint density at radius 1 is 1.19 bits per heavy atom. The van der Waals surface area contributed by atoms with Gasteiger partial charge in [0.25, 0.3) is 0 Å². The van der Waals surface area contributed by atoms with Crippen molar-refractivity contribution in [2.75, 3.05) is 36.0 Å². The van der Waals surface area contributed by atoms with Gasteiger partial charge in [0.15, 0.2) is 6.61 Å². The molecule has 190 valence electrons. The fraction of sp³-hybridized carbons (Fsp3) is 0.542. The van der Waals surface area contributed by atoms with Crippen LogP contribution in [0, 0.1) is 11.3 Å². The number of fused-ring (bicyclic) bond motifs is 2. The van der Waals surface area contributed by atoms with Crippen LogP contribution in [0.25, 0.3) is 0 Å². The fourth-order valence-corrected chi connectivity index (χ4v) is 5.46. The minimum absolute atomic E-state index is 0.137.